The van der Waals surface area contributed by atoms with E-state index >= 15 is 0 Å². The first-order chi connectivity index (χ1) is 13.0. The second-order valence-corrected chi connectivity index (χ2v) is 7.21. The van der Waals surface area contributed by atoms with Crippen molar-refractivity contribution in [2.45, 2.75) is 52.0 Å². The number of hydrogen-bond acceptors (Lipinski definition) is 4. The van der Waals surface area contributed by atoms with Crippen LogP contribution >= 0.6 is 0 Å². The topological polar surface area (TPSA) is 49.7 Å². The Hall–Kier alpha value is -2.43. The van der Waals surface area contributed by atoms with E-state index in [1.54, 1.807) is 32.4 Å². The van der Waals surface area contributed by atoms with Gasteiger partial charge in [0.1, 0.15) is 17.2 Å². The van der Waals surface area contributed by atoms with Crippen molar-refractivity contribution in [3.63, 3.8) is 0 Å². The normalized spacial score (nSPS) is 14.8. The Labute approximate surface area is 161 Å². The molecule has 1 heterocycles. The molecular formula is C22H29NO4. The quantitative estimate of drug-likeness (QED) is 0.650. The smallest absolute Gasteiger partial charge is 0.202 e. The highest BCUT2D eigenvalue weighted by Gasteiger charge is 2.22. The maximum atomic E-state index is 12.8. The zero-order valence-corrected chi connectivity index (χ0v) is 16.7. The molecule has 0 saturated heterocycles. The summed E-state index contributed by atoms with van der Waals surface area (Å²) in [4.78, 5) is 12.8. The summed E-state index contributed by atoms with van der Waals surface area (Å²) in [6, 6.07) is 7.79. The van der Waals surface area contributed by atoms with Gasteiger partial charge in [0.05, 0.1) is 14.2 Å². The molecule has 3 rings (SSSR count). The lowest BCUT2D eigenvalue weighted by Gasteiger charge is -2.26. The summed E-state index contributed by atoms with van der Waals surface area (Å²) in [6.07, 6.45) is 6.26. The number of ketones is 1. The van der Waals surface area contributed by atoms with Gasteiger partial charge in [0.2, 0.25) is 5.78 Å². The number of hydrogen-bond donors (Lipinski definition) is 0. The molecule has 0 spiro atoms. The van der Waals surface area contributed by atoms with Crippen molar-refractivity contribution in [2.24, 2.45) is 0 Å². The number of nitrogens with zero attached hydrogens (tertiary/aromatic N) is 1. The van der Waals surface area contributed by atoms with Crippen LogP contribution in [0.25, 0.3) is 0 Å². The number of ether oxygens (including phenoxy) is 3. The third kappa shape index (κ3) is 4.29. The first kappa shape index (κ1) is 19.3. The number of aromatic nitrogens is 1. The second-order valence-electron chi connectivity index (χ2n) is 7.21. The molecule has 0 N–H and O–H groups in total. The van der Waals surface area contributed by atoms with Crippen molar-refractivity contribution in [1.29, 1.82) is 0 Å². The average Bonchev–Trinajstić information content (AvgIpc) is 3.00. The summed E-state index contributed by atoms with van der Waals surface area (Å²) >= 11 is 0. The van der Waals surface area contributed by atoms with Crippen LogP contribution in [0.4, 0.5) is 0 Å². The molecule has 5 heteroatoms. The van der Waals surface area contributed by atoms with Crippen LogP contribution in [0.5, 0.6) is 17.2 Å². The molecular weight excluding hydrogens is 342 g/mol. The molecule has 0 bridgehead atoms. The third-order valence-corrected chi connectivity index (χ3v) is 5.42. The van der Waals surface area contributed by atoms with E-state index in [0.29, 0.717) is 23.3 Å². The SMILES string of the molecule is COc1cc(OC)cc(OCC(=O)c2cc(C)n(C3CCCCC3)c2C)c1. The van der Waals surface area contributed by atoms with Gasteiger partial charge in [-0.2, -0.15) is 0 Å². The van der Waals surface area contributed by atoms with Gasteiger partial charge < -0.3 is 18.8 Å². The summed E-state index contributed by atoms with van der Waals surface area (Å²) in [5.41, 5.74) is 2.97. The van der Waals surface area contributed by atoms with Crippen LogP contribution in [-0.4, -0.2) is 31.2 Å². The van der Waals surface area contributed by atoms with Crippen molar-refractivity contribution in [3.05, 3.63) is 41.2 Å². The Morgan fingerprint density at radius 2 is 1.56 bits per heavy atom. The van der Waals surface area contributed by atoms with Crippen LogP contribution in [-0.2, 0) is 0 Å². The van der Waals surface area contributed by atoms with Crippen LogP contribution in [0.1, 0.15) is 59.9 Å². The van der Waals surface area contributed by atoms with E-state index in [1.165, 1.54) is 32.1 Å². The lowest BCUT2D eigenvalue weighted by atomic mass is 9.95. The average molecular weight is 371 g/mol. The lowest BCUT2D eigenvalue weighted by Crippen LogP contribution is -2.17. The number of carbonyl (C=O) groups excluding carboxylic acids is 1. The van der Waals surface area contributed by atoms with Gasteiger partial charge in [-0.25, -0.2) is 0 Å². The zero-order valence-electron chi connectivity index (χ0n) is 16.7. The van der Waals surface area contributed by atoms with Gasteiger partial charge in [0, 0.05) is 41.2 Å². The van der Waals surface area contributed by atoms with Crippen molar-refractivity contribution in [3.8, 4) is 17.2 Å². The number of benzene rings is 1. The minimum absolute atomic E-state index is 0.00746. The number of methoxy groups -OCH3 is 2. The van der Waals surface area contributed by atoms with Crippen LogP contribution in [0.2, 0.25) is 0 Å². The molecule has 0 atom stereocenters. The highest BCUT2D eigenvalue weighted by molar-refractivity contribution is 5.98. The molecule has 1 aliphatic carbocycles. The Bertz CT molecular complexity index is 781. The van der Waals surface area contributed by atoms with Gasteiger partial charge in [-0.15, -0.1) is 0 Å². The summed E-state index contributed by atoms with van der Waals surface area (Å²) in [6.45, 7) is 4.13. The molecule has 0 unspecified atom stereocenters. The molecule has 1 saturated carbocycles. The Morgan fingerprint density at radius 1 is 0.963 bits per heavy atom. The highest BCUT2D eigenvalue weighted by Crippen LogP contribution is 2.32. The van der Waals surface area contributed by atoms with E-state index in [0.717, 1.165) is 17.0 Å². The van der Waals surface area contributed by atoms with Gasteiger partial charge in [0.25, 0.3) is 0 Å². The molecule has 1 aliphatic rings. The van der Waals surface area contributed by atoms with Crippen molar-refractivity contribution in [1.82, 2.24) is 4.57 Å². The molecule has 1 aromatic heterocycles. The van der Waals surface area contributed by atoms with Gasteiger partial charge in [-0.05, 0) is 32.8 Å². The maximum Gasteiger partial charge on any atom is 0.202 e. The summed E-state index contributed by atoms with van der Waals surface area (Å²) in [7, 11) is 3.17. The number of carbonyl (C=O) groups is 1. The van der Waals surface area contributed by atoms with E-state index in [4.69, 9.17) is 14.2 Å². The molecule has 146 valence electrons. The van der Waals surface area contributed by atoms with E-state index < -0.39 is 0 Å². The Kier molecular flexibility index (Phi) is 6.09. The second kappa shape index (κ2) is 8.51. The molecule has 27 heavy (non-hydrogen) atoms. The van der Waals surface area contributed by atoms with E-state index in [9.17, 15) is 4.79 Å². The summed E-state index contributed by atoms with van der Waals surface area (Å²) < 4.78 is 18.6. The fraction of sp³-hybridized carbons (Fsp3) is 0.500. The number of rotatable bonds is 7. The van der Waals surface area contributed by atoms with Gasteiger partial charge in [0.15, 0.2) is 6.61 Å². The first-order valence-electron chi connectivity index (χ1n) is 9.61. The molecule has 0 amide bonds. The first-order valence-corrected chi connectivity index (χ1v) is 9.61. The zero-order chi connectivity index (χ0) is 19.4. The predicted molar refractivity (Wildman–Crippen MR) is 105 cm³/mol. The van der Waals surface area contributed by atoms with Crippen molar-refractivity contribution in [2.75, 3.05) is 20.8 Å². The summed E-state index contributed by atoms with van der Waals surface area (Å²) in [5.74, 6) is 1.81. The van der Waals surface area contributed by atoms with Gasteiger partial charge >= 0.3 is 0 Å². The van der Waals surface area contributed by atoms with E-state index in [2.05, 4.69) is 11.5 Å². The number of Topliss-reactive ketones (excluding diaryl/α,β-unsaturated/α-hetero) is 1. The Balaban J connectivity index is 1.73. The molecule has 1 aromatic carbocycles. The molecule has 0 aliphatic heterocycles. The predicted octanol–water partition coefficient (Wildman–Crippen LogP) is 4.89. The third-order valence-electron chi connectivity index (χ3n) is 5.42. The van der Waals surface area contributed by atoms with Crippen LogP contribution < -0.4 is 14.2 Å². The molecule has 2 aromatic rings. The van der Waals surface area contributed by atoms with E-state index in [-0.39, 0.29) is 12.4 Å². The molecule has 1 fully saturated rings. The standard InChI is InChI=1S/C22H29NO4/c1-15-10-21(16(2)23(15)17-8-6-5-7-9-17)22(24)14-27-20-12-18(25-3)11-19(13-20)26-4/h10-13,17H,5-9,14H2,1-4H3. The van der Waals surface area contributed by atoms with Crippen LogP contribution in [0, 0.1) is 13.8 Å². The minimum atomic E-state index is -0.00865. The van der Waals surface area contributed by atoms with Gasteiger partial charge in [-0.3, -0.25) is 4.79 Å². The monoisotopic (exact) mass is 371 g/mol. The molecule has 5 nitrogen and oxygen atoms in total. The summed E-state index contributed by atoms with van der Waals surface area (Å²) in [5, 5.41) is 0. The largest absolute Gasteiger partial charge is 0.496 e. The van der Waals surface area contributed by atoms with Crippen LogP contribution in [0.15, 0.2) is 24.3 Å². The Morgan fingerprint density at radius 3 is 2.15 bits per heavy atom. The van der Waals surface area contributed by atoms with E-state index in [1.807, 2.05) is 13.0 Å². The van der Waals surface area contributed by atoms with Gasteiger partial charge in [-0.1, -0.05) is 19.3 Å². The maximum absolute atomic E-state index is 12.8. The van der Waals surface area contributed by atoms with Crippen LogP contribution in [0.3, 0.4) is 0 Å². The minimum Gasteiger partial charge on any atom is -0.496 e. The van der Waals surface area contributed by atoms with Crippen molar-refractivity contribution >= 4 is 5.78 Å². The fourth-order valence-electron chi connectivity index (χ4n) is 4.05. The highest BCUT2D eigenvalue weighted by atomic mass is 16.5. The van der Waals surface area contributed by atoms with Crippen molar-refractivity contribution < 1.29 is 19.0 Å². The number of aryl methyl sites for hydroxylation is 1. The lowest BCUT2D eigenvalue weighted by molar-refractivity contribution is 0.0920. The molecule has 0 radical (unpaired) electrons. The fourth-order valence-corrected chi connectivity index (χ4v) is 4.05.